The van der Waals surface area contributed by atoms with E-state index < -0.39 is 0 Å². The summed E-state index contributed by atoms with van der Waals surface area (Å²) in [7, 11) is 0. The lowest BCUT2D eigenvalue weighted by atomic mass is 9.87. The second-order valence-corrected chi connectivity index (χ2v) is 8.91. The SMILES string of the molecule is CCOc1ccc(C(=O)NC(=S)Nc2ccc(OCCC3CCCCC3)cc2)cc1Br. The Morgan fingerprint density at radius 1 is 1.10 bits per heavy atom. The smallest absolute Gasteiger partial charge is 0.257 e. The number of halogens is 1. The normalized spacial score (nSPS) is 14.0. The van der Waals surface area contributed by atoms with Crippen molar-refractivity contribution in [2.24, 2.45) is 5.92 Å². The first-order valence-electron chi connectivity index (χ1n) is 10.8. The summed E-state index contributed by atoms with van der Waals surface area (Å²) in [5.74, 6) is 2.06. The number of hydrogen-bond donors (Lipinski definition) is 2. The van der Waals surface area contributed by atoms with Crippen LogP contribution in [0.3, 0.4) is 0 Å². The van der Waals surface area contributed by atoms with Gasteiger partial charge in [0.15, 0.2) is 5.11 Å². The summed E-state index contributed by atoms with van der Waals surface area (Å²) in [6.45, 7) is 3.22. The van der Waals surface area contributed by atoms with E-state index in [-0.39, 0.29) is 11.0 Å². The second-order valence-electron chi connectivity index (χ2n) is 7.65. The van der Waals surface area contributed by atoms with Crippen molar-refractivity contribution in [3.8, 4) is 11.5 Å². The molecule has 1 fully saturated rings. The quantitative estimate of drug-likeness (QED) is 0.411. The highest BCUT2D eigenvalue weighted by atomic mass is 79.9. The van der Waals surface area contributed by atoms with Gasteiger partial charge in [-0.3, -0.25) is 10.1 Å². The van der Waals surface area contributed by atoms with Crippen molar-refractivity contribution < 1.29 is 14.3 Å². The van der Waals surface area contributed by atoms with E-state index in [2.05, 4.69) is 26.6 Å². The van der Waals surface area contributed by atoms with Crippen LogP contribution in [0.4, 0.5) is 5.69 Å². The number of nitrogens with one attached hydrogen (secondary N) is 2. The number of benzene rings is 2. The van der Waals surface area contributed by atoms with Crippen molar-refractivity contribution >= 4 is 44.9 Å². The van der Waals surface area contributed by atoms with E-state index in [0.29, 0.717) is 17.9 Å². The van der Waals surface area contributed by atoms with Gasteiger partial charge >= 0.3 is 0 Å². The lowest BCUT2D eigenvalue weighted by Gasteiger charge is -2.21. The molecule has 0 aliphatic heterocycles. The predicted octanol–water partition coefficient (Wildman–Crippen LogP) is 6.32. The zero-order chi connectivity index (χ0) is 22.1. The first-order chi connectivity index (χ1) is 15.0. The fourth-order valence-corrected chi connectivity index (χ4v) is 4.41. The molecule has 166 valence electrons. The van der Waals surface area contributed by atoms with Crippen LogP contribution < -0.4 is 20.1 Å². The van der Waals surface area contributed by atoms with E-state index in [0.717, 1.165) is 34.9 Å². The van der Waals surface area contributed by atoms with Gasteiger partial charge < -0.3 is 14.8 Å². The van der Waals surface area contributed by atoms with Gasteiger partial charge in [-0.15, -0.1) is 0 Å². The van der Waals surface area contributed by atoms with E-state index >= 15 is 0 Å². The molecular formula is C24H29BrN2O3S. The highest BCUT2D eigenvalue weighted by molar-refractivity contribution is 9.10. The molecule has 1 aliphatic rings. The Balaban J connectivity index is 1.44. The summed E-state index contributed by atoms with van der Waals surface area (Å²) >= 11 is 8.70. The van der Waals surface area contributed by atoms with E-state index in [1.165, 1.54) is 32.1 Å². The van der Waals surface area contributed by atoms with Crippen LogP contribution in [0, 0.1) is 5.92 Å². The molecule has 2 N–H and O–H groups in total. The number of hydrogen-bond acceptors (Lipinski definition) is 4. The molecule has 0 spiro atoms. The van der Waals surface area contributed by atoms with Gasteiger partial charge in [0.25, 0.3) is 5.91 Å². The first-order valence-corrected chi connectivity index (χ1v) is 12.0. The second kappa shape index (κ2) is 12.1. The summed E-state index contributed by atoms with van der Waals surface area (Å²) in [5.41, 5.74) is 1.28. The van der Waals surface area contributed by atoms with Gasteiger partial charge in [0.05, 0.1) is 17.7 Å². The third-order valence-electron chi connectivity index (χ3n) is 5.35. The van der Waals surface area contributed by atoms with Crippen molar-refractivity contribution in [1.29, 1.82) is 0 Å². The number of carbonyl (C=O) groups is 1. The Morgan fingerprint density at radius 3 is 2.52 bits per heavy atom. The maximum atomic E-state index is 12.4. The molecule has 5 nitrogen and oxygen atoms in total. The van der Waals surface area contributed by atoms with Gasteiger partial charge in [0.2, 0.25) is 0 Å². The highest BCUT2D eigenvalue weighted by Crippen LogP contribution is 2.27. The van der Waals surface area contributed by atoms with Crippen molar-refractivity contribution in [2.45, 2.75) is 45.4 Å². The summed E-state index contributed by atoms with van der Waals surface area (Å²) in [6, 6.07) is 12.8. The van der Waals surface area contributed by atoms with Crippen molar-refractivity contribution in [3.63, 3.8) is 0 Å². The van der Waals surface area contributed by atoms with Crippen LogP contribution in [0.5, 0.6) is 11.5 Å². The fourth-order valence-electron chi connectivity index (χ4n) is 3.71. The zero-order valence-electron chi connectivity index (χ0n) is 17.8. The van der Waals surface area contributed by atoms with Crippen LogP contribution in [0.2, 0.25) is 0 Å². The van der Waals surface area contributed by atoms with Gasteiger partial charge in [0, 0.05) is 11.3 Å². The van der Waals surface area contributed by atoms with Crippen LogP contribution in [-0.2, 0) is 0 Å². The topological polar surface area (TPSA) is 59.6 Å². The van der Waals surface area contributed by atoms with Crippen LogP contribution >= 0.6 is 28.1 Å². The molecule has 0 atom stereocenters. The molecule has 2 aromatic carbocycles. The van der Waals surface area contributed by atoms with Gasteiger partial charge in [-0.25, -0.2) is 0 Å². The van der Waals surface area contributed by atoms with Crippen molar-refractivity contribution in [3.05, 3.63) is 52.5 Å². The number of thiocarbonyl (C=S) groups is 1. The largest absolute Gasteiger partial charge is 0.494 e. The molecule has 7 heteroatoms. The molecule has 0 aromatic heterocycles. The van der Waals surface area contributed by atoms with E-state index in [1.54, 1.807) is 18.2 Å². The summed E-state index contributed by atoms with van der Waals surface area (Å²) in [4.78, 5) is 12.4. The molecule has 1 amide bonds. The first kappa shape index (κ1) is 23.5. The third-order valence-corrected chi connectivity index (χ3v) is 6.18. The molecule has 0 bridgehead atoms. The Morgan fingerprint density at radius 2 is 1.84 bits per heavy atom. The number of carbonyl (C=O) groups excluding carboxylic acids is 1. The minimum Gasteiger partial charge on any atom is -0.494 e. The van der Waals surface area contributed by atoms with Gasteiger partial charge in [-0.2, -0.15) is 0 Å². The van der Waals surface area contributed by atoms with Crippen LogP contribution in [0.15, 0.2) is 46.9 Å². The average Bonchev–Trinajstić information content (AvgIpc) is 2.77. The third kappa shape index (κ3) is 7.51. The summed E-state index contributed by atoms with van der Waals surface area (Å²) in [6.07, 6.45) is 7.89. The molecule has 0 saturated heterocycles. The van der Waals surface area contributed by atoms with Crippen molar-refractivity contribution in [2.75, 3.05) is 18.5 Å². The van der Waals surface area contributed by atoms with Crippen LogP contribution in [0.25, 0.3) is 0 Å². The number of anilines is 1. The predicted molar refractivity (Wildman–Crippen MR) is 132 cm³/mol. The molecule has 0 unspecified atom stereocenters. The lowest BCUT2D eigenvalue weighted by Crippen LogP contribution is -2.34. The molecule has 3 rings (SSSR count). The van der Waals surface area contributed by atoms with Crippen molar-refractivity contribution in [1.82, 2.24) is 5.32 Å². The number of amides is 1. The molecule has 1 aliphatic carbocycles. The Labute approximate surface area is 198 Å². The minimum atomic E-state index is -0.288. The summed E-state index contributed by atoms with van der Waals surface area (Å²) < 4.78 is 12.1. The minimum absolute atomic E-state index is 0.237. The molecule has 0 heterocycles. The Kier molecular flexibility index (Phi) is 9.15. The highest BCUT2D eigenvalue weighted by Gasteiger charge is 2.13. The standard InChI is InChI=1S/C24H29BrN2O3S/c1-2-29-22-13-8-18(16-21(22)25)23(28)27-24(31)26-19-9-11-20(12-10-19)30-15-14-17-6-4-3-5-7-17/h8-13,16-17H,2-7,14-15H2,1H3,(H2,26,27,28,31). The van der Waals surface area contributed by atoms with Crippen LogP contribution in [-0.4, -0.2) is 24.2 Å². The zero-order valence-corrected chi connectivity index (χ0v) is 20.2. The average molecular weight is 505 g/mol. The Hall–Kier alpha value is -2.12. The fraction of sp³-hybridized carbons (Fsp3) is 0.417. The van der Waals surface area contributed by atoms with Gasteiger partial charge in [-0.05, 0) is 89.9 Å². The number of rotatable bonds is 8. The maximum Gasteiger partial charge on any atom is 0.257 e. The Bertz CT molecular complexity index is 883. The van der Waals surface area contributed by atoms with E-state index in [1.807, 2.05) is 31.2 Å². The molecule has 1 saturated carbocycles. The maximum absolute atomic E-state index is 12.4. The molecule has 0 radical (unpaired) electrons. The molecule has 31 heavy (non-hydrogen) atoms. The molecular weight excluding hydrogens is 476 g/mol. The lowest BCUT2D eigenvalue weighted by molar-refractivity contribution is 0.0977. The summed E-state index contributed by atoms with van der Waals surface area (Å²) in [5, 5.41) is 5.97. The van der Waals surface area contributed by atoms with Gasteiger partial charge in [0.1, 0.15) is 11.5 Å². The van der Waals surface area contributed by atoms with E-state index in [4.69, 9.17) is 21.7 Å². The monoisotopic (exact) mass is 504 g/mol. The molecule has 2 aromatic rings. The van der Waals surface area contributed by atoms with E-state index in [9.17, 15) is 4.79 Å². The number of ether oxygens (including phenoxy) is 2. The van der Waals surface area contributed by atoms with Crippen LogP contribution in [0.1, 0.15) is 55.8 Å². The van der Waals surface area contributed by atoms with Gasteiger partial charge in [-0.1, -0.05) is 32.1 Å².